The highest BCUT2D eigenvalue weighted by atomic mass is 16.6. The number of benzene rings is 2. The van der Waals surface area contributed by atoms with Crippen molar-refractivity contribution in [3.63, 3.8) is 0 Å². The highest BCUT2D eigenvalue weighted by molar-refractivity contribution is 5.84. The van der Waals surface area contributed by atoms with Crippen molar-refractivity contribution in [2.24, 2.45) is 16.7 Å². The molecule has 3 N–H and O–H groups in total. The van der Waals surface area contributed by atoms with E-state index in [2.05, 4.69) is 22.4 Å². The van der Waals surface area contributed by atoms with Gasteiger partial charge in [-0.3, -0.25) is 19.7 Å². The first-order valence-electron chi connectivity index (χ1n) is 15.2. The average molecular weight is 618 g/mol. The van der Waals surface area contributed by atoms with Gasteiger partial charge in [0.25, 0.3) is 5.69 Å². The van der Waals surface area contributed by atoms with Crippen LogP contribution in [0.4, 0.5) is 5.69 Å². The molecule has 0 amide bonds. The molecule has 1 saturated heterocycles. The predicted octanol–water partition coefficient (Wildman–Crippen LogP) is 5.14. The van der Waals surface area contributed by atoms with Gasteiger partial charge in [-0.1, -0.05) is 62.4 Å². The van der Waals surface area contributed by atoms with Crippen LogP contribution in [0.5, 0.6) is 0 Å². The van der Waals surface area contributed by atoms with Crippen molar-refractivity contribution in [2.45, 2.75) is 58.7 Å². The van der Waals surface area contributed by atoms with Gasteiger partial charge in [-0.15, -0.1) is 0 Å². The number of rotatable bonds is 13. The van der Waals surface area contributed by atoms with E-state index in [0.717, 1.165) is 17.7 Å². The van der Waals surface area contributed by atoms with E-state index in [0.29, 0.717) is 18.7 Å². The number of nitro groups is 1. The lowest BCUT2D eigenvalue weighted by molar-refractivity contribution is -0.385. The molecule has 5 unspecified atom stereocenters. The van der Waals surface area contributed by atoms with Gasteiger partial charge in [0.2, 0.25) is 0 Å². The topological polar surface area (TPSA) is 151 Å². The Bertz CT molecular complexity index is 1520. The minimum absolute atomic E-state index is 0.131. The summed E-state index contributed by atoms with van der Waals surface area (Å²) in [5.74, 6) is -3.79. The number of nitrogens with one attached hydrogen (secondary N) is 1. The lowest BCUT2D eigenvalue weighted by atomic mass is 9.47. The van der Waals surface area contributed by atoms with Gasteiger partial charge < -0.3 is 25.0 Å². The largest absolute Gasteiger partial charge is 0.481 e. The Morgan fingerprint density at radius 1 is 1.13 bits per heavy atom. The maximum Gasteiger partial charge on any atom is 0.312 e. The summed E-state index contributed by atoms with van der Waals surface area (Å²) in [5, 5.41) is 36.9. The molecule has 4 rings (SSSR count). The van der Waals surface area contributed by atoms with Crippen LogP contribution in [0.1, 0.15) is 56.7 Å². The molecule has 1 aliphatic rings. The number of carbonyl (C=O) groups is 2. The number of hydrogen-bond donors (Lipinski definition) is 3. The molecular formula is C34H43N5O6. The lowest BCUT2D eigenvalue weighted by Gasteiger charge is -2.59. The fourth-order valence-corrected chi connectivity index (χ4v) is 7.31. The van der Waals surface area contributed by atoms with Gasteiger partial charge in [0.05, 0.1) is 22.1 Å². The van der Waals surface area contributed by atoms with Gasteiger partial charge in [0, 0.05) is 55.6 Å². The summed E-state index contributed by atoms with van der Waals surface area (Å²) in [6.07, 6.45) is 9.59. The third-order valence-corrected chi connectivity index (χ3v) is 9.66. The SMILES string of the molecule is CC1NC(C)C(C(=O)O)(C(C)C)C(c2cccc([N+](=O)[O-])c2)C1(CCN(C)CC=Cc1ccc(Cn2ccnc2)cc1)C(=O)O. The number of nitrogens with zero attached hydrogens (tertiary/aromatic N) is 4. The second-order valence-electron chi connectivity index (χ2n) is 12.5. The molecule has 2 heterocycles. The van der Waals surface area contributed by atoms with E-state index in [-0.39, 0.29) is 12.1 Å². The fourth-order valence-electron chi connectivity index (χ4n) is 7.31. The maximum atomic E-state index is 13.5. The molecular weight excluding hydrogens is 574 g/mol. The van der Waals surface area contributed by atoms with Gasteiger partial charge in [0.1, 0.15) is 0 Å². The third kappa shape index (κ3) is 6.55. The third-order valence-electron chi connectivity index (χ3n) is 9.66. The number of likely N-dealkylation sites (N-methyl/N-ethyl adjacent to an activating group) is 1. The number of nitro benzene ring substituents is 1. The van der Waals surface area contributed by atoms with Gasteiger partial charge in [-0.2, -0.15) is 0 Å². The second-order valence-corrected chi connectivity index (χ2v) is 12.5. The molecule has 0 saturated carbocycles. The summed E-state index contributed by atoms with van der Waals surface area (Å²) in [6, 6.07) is 12.8. The summed E-state index contributed by atoms with van der Waals surface area (Å²) in [7, 11) is 1.90. The van der Waals surface area contributed by atoms with Crippen LogP contribution in [-0.4, -0.2) is 73.7 Å². The van der Waals surface area contributed by atoms with Crippen molar-refractivity contribution in [1.29, 1.82) is 0 Å². The number of aromatic nitrogens is 2. The first kappa shape index (κ1) is 33.5. The molecule has 1 aromatic heterocycles. The molecule has 11 nitrogen and oxygen atoms in total. The number of carboxylic acids is 2. The van der Waals surface area contributed by atoms with Crippen molar-refractivity contribution in [2.75, 3.05) is 20.1 Å². The quantitative estimate of drug-likeness (QED) is 0.175. The Kier molecular flexibility index (Phi) is 10.2. The maximum absolute atomic E-state index is 13.5. The zero-order valence-electron chi connectivity index (χ0n) is 26.5. The van der Waals surface area contributed by atoms with Crippen LogP contribution in [0, 0.1) is 26.9 Å². The van der Waals surface area contributed by atoms with Crippen LogP contribution in [-0.2, 0) is 16.1 Å². The highest BCUT2D eigenvalue weighted by Gasteiger charge is 2.67. The smallest absolute Gasteiger partial charge is 0.312 e. The Morgan fingerprint density at radius 2 is 1.84 bits per heavy atom. The Labute approximate surface area is 263 Å². The van der Waals surface area contributed by atoms with Crippen LogP contribution in [0.3, 0.4) is 0 Å². The van der Waals surface area contributed by atoms with Crippen LogP contribution in [0.2, 0.25) is 0 Å². The second kappa shape index (κ2) is 13.7. The van der Waals surface area contributed by atoms with Gasteiger partial charge in [0.15, 0.2) is 0 Å². The Hall–Kier alpha value is -4.35. The molecule has 0 bridgehead atoms. The van der Waals surface area contributed by atoms with Crippen molar-refractivity contribution in [3.8, 4) is 0 Å². The minimum atomic E-state index is -1.58. The number of imidazole rings is 1. The first-order chi connectivity index (χ1) is 21.3. The zero-order valence-corrected chi connectivity index (χ0v) is 26.5. The van der Waals surface area contributed by atoms with Crippen molar-refractivity contribution >= 4 is 23.7 Å². The molecule has 0 spiro atoms. The summed E-state index contributed by atoms with van der Waals surface area (Å²) in [4.78, 5) is 44.0. The summed E-state index contributed by atoms with van der Waals surface area (Å²) >= 11 is 0. The minimum Gasteiger partial charge on any atom is -0.481 e. The molecule has 11 heteroatoms. The number of hydrogen-bond acceptors (Lipinski definition) is 7. The lowest BCUT2D eigenvalue weighted by Crippen LogP contribution is -2.71. The van der Waals surface area contributed by atoms with E-state index >= 15 is 0 Å². The molecule has 45 heavy (non-hydrogen) atoms. The van der Waals surface area contributed by atoms with E-state index in [1.807, 2.05) is 47.0 Å². The van der Waals surface area contributed by atoms with Gasteiger partial charge >= 0.3 is 11.9 Å². The normalized spacial score (nSPS) is 25.2. The number of carboxylic acid groups (broad SMARTS) is 2. The van der Waals surface area contributed by atoms with Crippen LogP contribution in [0.15, 0.2) is 73.3 Å². The average Bonchev–Trinajstić information content (AvgIpc) is 3.50. The van der Waals surface area contributed by atoms with Crippen molar-refractivity contribution in [1.82, 2.24) is 19.8 Å². The number of non-ortho nitro benzene ring substituents is 1. The van der Waals surface area contributed by atoms with Gasteiger partial charge in [-0.05, 0) is 56.5 Å². The molecule has 3 aromatic rings. The van der Waals surface area contributed by atoms with Gasteiger partial charge in [-0.25, -0.2) is 4.98 Å². The standard InChI is InChI=1S/C34H43N5O6/c1-23(2)34(32(42)43)25(4)36-24(3)33(31(40)41,30(34)28-9-6-10-29(20-28)39(44)45)15-18-37(5)17-7-8-26-11-13-27(14-12-26)21-38-19-16-35-22-38/h6-14,16,19-20,22-25,30,36H,15,17-18,21H2,1-5H3,(H,40,41)(H,42,43). The predicted molar refractivity (Wildman–Crippen MR) is 172 cm³/mol. The number of aliphatic carboxylic acids is 2. The summed E-state index contributed by atoms with van der Waals surface area (Å²) in [5.41, 5.74) is -0.793. The van der Waals surface area contributed by atoms with E-state index in [1.54, 1.807) is 46.3 Å². The monoisotopic (exact) mass is 617 g/mol. The van der Waals surface area contributed by atoms with Crippen molar-refractivity contribution < 1.29 is 24.7 Å². The van der Waals surface area contributed by atoms with E-state index in [9.17, 15) is 29.9 Å². The summed E-state index contributed by atoms with van der Waals surface area (Å²) in [6.45, 7) is 8.74. The van der Waals surface area contributed by atoms with E-state index in [4.69, 9.17) is 0 Å². The molecule has 2 aromatic carbocycles. The molecule has 0 radical (unpaired) electrons. The van der Waals surface area contributed by atoms with Crippen LogP contribution >= 0.6 is 0 Å². The number of piperidine rings is 1. The molecule has 1 aliphatic heterocycles. The van der Waals surface area contributed by atoms with Crippen LogP contribution < -0.4 is 5.32 Å². The fraction of sp³-hybridized carbons (Fsp3) is 0.441. The molecule has 0 aliphatic carbocycles. The molecule has 1 fully saturated rings. The van der Waals surface area contributed by atoms with E-state index < -0.39 is 51.6 Å². The first-order valence-corrected chi connectivity index (χ1v) is 15.2. The molecule has 240 valence electrons. The zero-order chi connectivity index (χ0) is 32.9. The Morgan fingerprint density at radius 3 is 2.42 bits per heavy atom. The van der Waals surface area contributed by atoms with Crippen LogP contribution in [0.25, 0.3) is 6.08 Å². The molecule has 5 atom stereocenters. The summed E-state index contributed by atoms with van der Waals surface area (Å²) < 4.78 is 2.00. The van der Waals surface area contributed by atoms with E-state index in [1.165, 1.54) is 18.2 Å². The highest BCUT2D eigenvalue weighted by Crippen LogP contribution is 2.60. The van der Waals surface area contributed by atoms with Crippen molar-refractivity contribution in [3.05, 3.63) is 100 Å². The Balaban J connectivity index is 1.61.